The van der Waals surface area contributed by atoms with Crippen LogP contribution in [0.5, 0.6) is 0 Å². The van der Waals surface area contributed by atoms with E-state index in [4.69, 9.17) is 5.73 Å². The summed E-state index contributed by atoms with van der Waals surface area (Å²) in [5, 5.41) is 6.56. The average molecular weight is 182 g/mol. The smallest absolute Gasteiger partial charge is 0.219 e. The number of nitrogens with one attached hydrogen (secondary N) is 1. The Morgan fingerprint density at radius 2 is 2.54 bits per heavy atom. The highest BCUT2D eigenvalue weighted by Crippen LogP contribution is 2.00. The normalized spacial score (nSPS) is 9.92. The van der Waals surface area contributed by atoms with Gasteiger partial charge in [0.2, 0.25) is 5.91 Å². The van der Waals surface area contributed by atoms with Crippen molar-refractivity contribution in [3.8, 4) is 0 Å². The van der Waals surface area contributed by atoms with Crippen LogP contribution in [-0.2, 0) is 11.3 Å². The van der Waals surface area contributed by atoms with Crippen molar-refractivity contribution in [3.05, 3.63) is 12.4 Å². The van der Waals surface area contributed by atoms with E-state index < -0.39 is 0 Å². The first-order valence-electron chi connectivity index (χ1n) is 4.21. The number of hydrogen-bond donors (Lipinski definition) is 2. The number of carbonyl (C=O) groups is 1. The van der Waals surface area contributed by atoms with Gasteiger partial charge in [-0.1, -0.05) is 0 Å². The maximum atomic E-state index is 10.8. The molecule has 0 aliphatic heterocycles. The summed E-state index contributed by atoms with van der Waals surface area (Å²) in [4.78, 5) is 10.8. The Bertz CT molecular complexity index is 281. The summed E-state index contributed by atoms with van der Waals surface area (Å²) in [6, 6.07) is 0. The number of anilines is 1. The van der Waals surface area contributed by atoms with E-state index in [2.05, 4.69) is 10.4 Å². The average Bonchev–Trinajstić information content (AvgIpc) is 2.51. The summed E-state index contributed by atoms with van der Waals surface area (Å²) in [6.07, 6.45) is 4.65. The molecule has 0 aliphatic rings. The highest BCUT2D eigenvalue weighted by molar-refractivity contribution is 5.75. The molecule has 0 fully saturated rings. The Morgan fingerprint density at radius 1 is 1.77 bits per heavy atom. The van der Waals surface area contributed by atoms with Crippen LogP contribution in [0.25, 0.3) is 0 Å². The zero-order chi connectivity index (χ0) is 9.68. The third-order valence-electron chi connectivity index (χ3n) is 1.72. The Morgan fingerprint density at radius 3 is 3.08 bits per heavy atom. The Balaban J connectivity index is 2.24. The number of amides is 1. The zero-order valence-electron chi connectivity index (χ0n) is 7.66. The van der Waals surface area contributed by atoms with Gasteiger partial charge in [0, 0.05) is 26.2 Å². The molecular weight excluding hydrogens is 168 g/mol. The van der Waals surface area contributed by atoms with E-state index in [1.807, 2.05) is 0 Å². The summed E-state index contributed by atoms with van der Waals surface area (Å²) in [6.45, 7) is 0.727. The van der Waals surface area contributed by atoms with Crippen molar-refractivity contribution in [1.82, 2.24) is 15.1 Å². The second-order valence-electron chi connectivity index (χ2n) is 2.81. The predicted octanol–water partition coefficient (Wildman–Crippen LogP) is -0.00850. The Hall–Kier alpha value is -1.52. The fraction of sp³-hybridized carbons (Fsp3) is 0.500. The molecule has 5 heteroatoms. The number of nitrogens with zero attached hydrogens (tertiary/aromatic N) is 2. The molecule has 0 spiro atoms. The molecule has 0 unspecified atom stereocenters. The van der Waals surface area contributed by atoms with Crippen LogP contribution in [0.15, 0.2) is 12.4 Å². The van der Waals surface area contributed by atoms with Crippen LogP contribution in [0.2, 0.25) is 0 Å². The van der Waals surface area contributed by atoms with Crippen LogP contribution in [-0.4, -0.2) is 22.7 Å². The monoisotopic (exact) mass is 182 g/mol. The van der Waals surface area contributed by atoms with Gasteiger partial charge in [-0.15, -0.1) is 0 Å². The molecule has 0 bridgehead atoms. The minimum Gasteiger partial charge on any atom is -0.396 e. The second kappa shape index (κ2) is 4.49. The first-order chi connectivity index (χ1) is 6.22. The molecule has 0 aromatic carbocycles. The van der Waals surface area contributed by atoms with Crippen LogP contribution in [0.4, 0.5) is 5.69 Å². The second-order valence-corrected chi connectivity index (χ2v) is 2.81. The molecule has 1 amide bonds. The molecule has 1 aromatic rings. The maximum absolute atomic E-state index is 10.8. The van der Waals surface area contributed by atoms with Crippen molar-refractivity contribution in [2.45, 2.75) is 19.4 Å². The van der Waals surface area contributed by atoms with Gasteiger partial charge in [-0.2, -0.15) is 5.10 Å². The van der Waals surface area contributed by atoms with Crippen molar-refractivity contribution < 1.29 is 4.79 Å². The van der Waals surface area contributed by atoms with Gasteiger partial charge in [-0.25, -0.2) is 0 Å². The maximum Gasteiger partial charge on any atom is 0.219 e. The molecule has 0 aliphatic carbocycles. The van der Waals surface area contributed by atoms with Crippen LogP contribution in [0, 0.1) is 0 Å². The minimum absolute atomic E-state index is 0.0557. The molecule has 0 radical (unpaired) electrons. The van der Waals surface area contributed by atoms with Gasteiger partial charge < -0.3 is 11.1 Å². The number of aryl methyl sites for hydroxylation is 1. The van der Waals surface area contributed by atoms with Crippen molar-refractivity contribution in [2.24, 2.45) is 0 Å². The van der Waals surface area contributed by atoms with Gasteiger partial charge in [0.15, 0.2) is 0 Å². The van der Waals surface area contributed by atoms with Gasteiger partial charge in [0.25, 0.3) is 0 Å². The van der Waals surface area contributed by atoms with Crippen LogP contribution in [0.1, 0.15) is 12.8 Å². The van der Waals surface area contributed by atoms with E-state index in [-0.39, 0.29) is 5.91 Å². The van der Waals surface area contributed by atoms with Crippen molar-refractivity contribution in [2.75, 3.05) is 12.8 Å². The Labute approximate surface area is 76.9 Å². The van der Waals surface area contributed by atoms with Crippen LogP contribution in [0.3, 0.4) is 0 Å². The zero-order valence-corrected chi connectivity index (χ0v) is 7.66. The number of hydrogen-bond acceptors (Lipinski definition) is 3. The first kappa shape index (κ1) is 9.57. The molecule has 5 nitrogen and oxygen atoms in total. The number of carbonyl (C=O) groups excluding carboxylic acids is 1. The first-order valence-corrected chi connectivity index (χ1v) is 4.21. The van der Waals surface area contributed by atoms with Crippen LogP contribution >= 0.6 is 0 Å². The number of rotatable bonds is 4. The molecule has 1 heterocycles. The third kappa shape index (κ3) is 3.14. The highest BCUT2D eigenvalue weighted by Gasteiger charge is 1.98. The summed E-state index contributed by atoms with van der Waals surface area (Å²) in [5.74, 6) is 0.0557. The molecule has 1 aromatic heterocycles. The number of aromatic nitrogens is 2. The number of nitrogen functional groups attached to an aromatic ring is 1. The lowest BCUT2D eigenvalue weighted by atomic mass is 10.3. The SMILES string of the molecule is CNC(=O)CCCn1cc(N)cn1. The molecule has 1 rings (SSSR count). The van der Waals surface area contributed by atoms with Gasteiger partial charge in [0.05, 0.1) is 11.9 Å². The van der Waals surface area contributed by atoms with E-state index in [9.17, 15) is 4.79 Å². The summed E-state index contributed by atoms with van der Waals surface area (Å²) in [7, 11) is 1.63. The fourth-order valence-electron chi connectivity index (χ4n) is 1.03. The van der Waals surface area contributed by atoms with E-state index in [0.717, 1.165) is 13.0 Å². The largest absolute Gasteiger partial charge is 0.396 e. The minimum atomic E-state index is 0.0557. The van der Waals surface area contributed by atoms with E-state index in [1.165, 1.54) is 0 Å². The Kier molecular flexibility index (Phi) is 3.31. The fourth-order valence-corrected chi connectivity index (χ4v) is 1.03. The van der Waals surface area contributed by atoms with Gasteiger partial charge >= 0.3 is 0 Å². The van der Waals surface area contributed by atoms with Crippen molar-refractivity contribution >= 4 is 11.6 Å². The molecular formula is C8H14N4O. The summed E-state index contributed by atoms with van der Waals surface area (Å²) < 4.78 is 1.73. The third-order valence-corrected chi connectivity index (χ3v) is 1.72. The lowest BCUT2D eigenvalue weighted by Crippen LogP contribution is -2.17. The van der Waals surface area contributed by atoms with Gasteiger partial charge in [-0.3, -0.25) is 9.48 Å². The molecule has 0 saturated carbocycles. The lowest BCUT2D eigenvalue weighted by molar-refractivity contribution is -0.120. The topological polar surface area (TPSA) is 72.9 Å². The molecule has 13 heavy (non-hydrogen) atoms. The van der Waals surface area contributed by atoms with Crippen molar-refractivity contribution in [3.63, 3.8) is 0 Å². The van der Waals surface area contributed by atoms with Crippen LogP contribution < -0.4 is 11.1 Å². The standard InChI is InChI=1S/C8H14N4O/c1-10-8(13)3-2-4-12-6-7(9)5-11-12/h5-6H,2-4,9H2,1H3,(H,10,13). The van der Waals surface area contributed by atoms with Gasteiger partial charge in [-0.05, 0) is 6.42 Å². The van der Waals surface area contributed by atoms with E-state index in [1.54, 1.807) is 24.1 Å². The van der Waals surface area contributed by atoms with Crippen molar-refractivity contribution in [1.29, 1.82) is 0 Å². The number of nitrogens with two attached hydrogens (primary N) is 1. The predicted molar refractivity (Wildman–Crippen MR) is 49.9 cm³/mol. The summed E-state index contributed by atoms with van der Waals surface area (Å²) in [5.41, 5.74) is 6.13. The highest BCUT2D eigenvalue weighted by atomic mass is 16.1. The summed E-state index contributed by atoms with van der Waals surface area (Å²) >= 11 is 0. The lowest BCUT2D eigenvalue weighted by Gasteiger charge is -2.00. The quantitative estimate of drug-likeness (QED) is 0.688. The van der Waals surface area contributed by atoms with Gasteiger partial charge in [0.1, 0.15) is 0 Å². The molecule has 0 saturated heterocycles. The molecule has 0 atom stereocenters. The van der Waals surface area contributed by atoms with E-state index in [0.29, 0.717) is 12.1 Å². The van der Waals surface area contributed by atoms with E-state index >= 15 is 0 Å². The molecule has 72 valence electrons. The molecule has 3 N–H and O–H groups in total.